The molecule has 98 valence electrons. The Balaban J connectivity index is 1.52. The summed E-state index contributed by atoms with van der Waals surface area (Å²) in [5.74, 6) is 0.688. The standard InChI is InChI=1S/C15H22N2O/c1-15(10-18-8-14(15)16)9-17-13-7-12(13)11-5-3-2-4-6-11/h2-6,12-14,17H,7-10,16H2,1H3. The van der Waals surface area contributed by atoms with Crippen LogP contribution in [0, 0.1) is 5.41 Å². The maximum absolute atomic E-state index is 6.10. The molecule has 0 spiro atoms. The van der Waals surface area contributed by atoms with Gasteiger partial charge in [0.1, 0.15) is 0 Å². The van der Waals surface area contributed by atoms with Crippen molar-refractivity contribution in [1.82, 2.24) is 5.32 Å². The van der Waals surface area contributed by atoms with Gasteiger partial charge in [-0.3, -0.25) is 0 Å². The number of benzene rings is 1. The molecule has 0 radical (unpaired) electrons. The minimum atomic E-state index is 0.101. The van der Waals surface area contributed by atoms with Gasteiger partial charge < -0.3 is 15.8 Å². The lowest BCUT2D eigenvalue weighted by molar-refractivity contribution is 0.158. The Morgan fingerprint density at radius 2 is 2.17 bits per heavy atom. The van der Waals surface area contributed by atoms with Gasteiger partial charge in [-0.15, -0.1) is 0 Å². The molecule has 18 heavy (non-hydrogen) atoms. The van der Waals surface area contributed by atoms with E-state index < -0.39 is 0 Å². The fourth-order valence-electron chi connectivity index (χ4n) is 2.76. The van der Waals surface area contributed by atoms with Gasteiger partial charge in [0.25, 0.3) is 0 Å². The monoisotopic (exact) mass is 246 g/mol. The van der Waals surface area contributed by atoms with Crippen LogP contribution in [0.1, 0.15) is 24.8 Å². The molecule has 4 atom stereocenters. The molecule has 2 fully saturated rings. The largest absolute Gasteiger partial charge is 0.379 e. The van der Waals surface area contributed by atoms with E-state index in [1.807, 2.05) is 0 Å². The van der Waals surface area contributed by atoms with Gasteiger partial charge in [-0.2, -0.15) is 0 Å². The van der Waals surface area contributed by atoms with Crippen molar-refractivity contribution < 1.29 is 4.74 Å². The Morgan fingerprint density at radius 3 is 2.83 bits per heavy atom. The van der Waals surface area contributed by atoms with Crippen LogP contribution in [-0.4, -0.2) is 31.8 Å². The molecule has 1 aromatic rings. The van der Waals surface area contributed by atoms with E-state index in [0.717, 1.165) is 13.2 Å². The highest BCUT2D eigenvalue weighted by atomic mass is 16.5. The Kier molecular flexibility index (Phi) is 3.14. The van der Waals surface area contributed by atoms with Crippen molar-refractivity contribution in [3.05, 3.63) is 35.9 Å². The summed E-state index contributed by atoms with van der Waals surface area (Å²) in [6.07, 6.45) is 1.25. The second-order valence-electron chi connectivity index (χ2n) is 6.02. The third-order valence-corrected chi connectivity index (χ3v) is 4.41. The molecule has 4 unspecified atom stereocenters. The molecular formula is C15H22N2O. The van der Waals surface area contributed by atoms with Crippen molar-refractivity contribution in [3.8, 4) is 0 Å². The van der Waals surface area contributed by atoms with E-state index in [9.17, 15) is 0 Å². The van der Waals surface area contributed by atoms with Crippen LogP contribution in [0.4, 0.5) is 0 Å². The molecule has 1 aliphatic heterocycles. The highest BCUT2D eigenvalue weighted by Crippen LogP contribution is 2.41. The van der Waals surface area contributed by atoms with Crippen LogP contribution >= 0.6 is 0 Å². The van der Waals surface area contributed by atoms with E-state index in [2.05, 4.69) is 42.6 Å². The molecule has 1 heterocycles. The van der Waals surface area contributed by atoms with E-state index in [0.29, 0.717) is 18.6 Å². The van der Waals surface area contributed by atoms with Gasteiger partial charge in [0.2, 0.25) is 0 Å². The van der Waals surface area contributed by atoms with E-state index in [4.69, 9.17) is 10.5 Å². The van der Waals surface area contributed by atoms with Crippen molar-refractivity contribution in [2.75, 3.05) is 19.8 Å². The number of ether oxygens (including phenoxy) is 1. The second kappa shape index (κ2) is 4.65. The third-order valence-electron chi connectivity index (χ3n) is 4.41. The second-order valence-corrected chi connectivity index (χ2v) is 6.02. The molecule has 1 saturated heterocycles. The highest BCUT2D eigenvalue weighted by molar-refractivity contribution is 5.27. The minimum absolute atomic E-state index is 0.101. The maximum Gasteiger partial charge on any atom is 0.0624 e. The molecular weight excluding hydrogens is 224 g/mol. The van der Waals surface area contributed by atoms with Crippen LogP contribution in [0.25, 0.3) is 0 Å². The van der Waals surface area contributed by atoms with Gasteiger partial charge in [0.05, 0.1) is 13.2 Å². The molecule has 3 rings (SSSR count). The van der Waals surface area contributed by atoms with Crippen molar-refractivity contribution in [2.45, 2.75) is 31.3 Å². The average molecular weight is 246 g/mol. The molecule has 0 bridgehead atoms. The first-order chi connectivity index (χ1) is 8.69. The first-order valence-corrected chi connectivity index (χ1v) is 6.81. The summed E-state index contributed by atoms with van der Waals surface area (Å²) in [4.78, 5) is 0. The van der Waals surface area contributed by atoms with Crippen LogP contribution in [0.3, 0.4) is 0 Å². The van der Waals surface area contributed by atoms with Gasteiger partial charge in [0, 0.05) is 30.0 Å². The Morgan fingerprint density at radius 1 is 1.39 bits per heavy atom. The number of rotatable bonds is 4. The van der Waals surface area contributed by atoms with Crippen molar-refractivity contribution in [3.63, 3.8) is 0 Å². The van der Waals surface area contributed by atoms with Gasteiger partial charge in [-0.25, -0.2) is 0 Å². The number of hydrogen-bond donors (Lipinski definition) is 2. The summed E-state index contributed by atoms with van der Waals surface area (Å²) in [7, 11) is 0. The van der Waals surface area contributed by atoms with E-state index in [-0.39, 0.29) is 11.5 Å². The molecule has 1 aliphatic carbocycles. The first-order valence-electron chi connectivity index (χ1n) is 6.81. The quantitative estimate of drug-likeness (QED) is 0.846. The van der Waals surface area contributed by atoms with Crippen molar-refractivity contribution >= 4 is 0 Å². The number of nitrogens with two attached hydrogens (primary N) is 1. The lowest BCUT2D eigenvalue weighted by atomic mass is 9.86. The summed E-state index contributed by atoms with van der Waals surface area (Å²) in [6.45, 7) is 4.66. The molecule has 0 aromatic heterocycles. The van der Waals surface area contributed by atoms with E-state index >= 15 is 0 Å². The lowest BCUT2D eigenvalue weighted by Crippen LogP contribution is -2.46. The molecule has 3 nitrogen and oxygen atoms in total. The topological polar surface area (TPSA) is 47.3 Å². The smallest absolute Gasteiger partial charge is 0.0624 e. The Labute approximate surface area is 109 Å². The highest BCUT2D eigenvalue weighted by Gasteiger charge is 2.42. The average Bonchev–Trinajstić information content (AvgIpc) is 3.10. The zero-order valence-corrected chi connectivity index (χ0v) is 10.9. The molecule has 0 amide bonds. The Hall–Kier alpha value is -0.900. The van der Waals surface area contributed by atoms with Gasteiger partial charge >= 0.3 is 0 Å². The summed E-state index contributed by atoms with van der Waals surface area (Å²) in [5.41, 5.74) is 7.65. The third kappa shape index (κ3) is 2.30. The SMILES string of the molecule is CC1(CNC2CC2c2ccccc2)COCC1N. The fraction of sp³-hybridized carbons (Fsp3) is 0.600. The van der Waals surface area contributed by atoms with Crippen LogP contribution in [0.15, 0.2) is 30.3 Å². The molecule has 2 aliphatic rings. The van der Waals surface area contributed by atoms with Gasteiger partial charge in [-0.1, -0.05) is 37.3 Å². The summed E-state index contributed by atoms with van der Waals surface area (Å²) < 4.78 is 5.47. The van der Waals surface area contributed by atoms with Crippen LogP contribution in [0.2, 0.25) is 0 Å². The lowest BCUT2D eigenvalue weighted by Gasteiger charge is -2.27. The summed E-state index contributed by atoms with van der Waals surface area (Å²) in [6, 6.07) is 11.5. The summed E-state index contributed by atoms with van der Waals surface area (Å²) in [5, 5.41) is 3.66. The zero-order chi connectivity index (χ0) is 12.6. The predicted octanol–water partition coefficient (Wildman–Crippen LogP) is 1.50. The molecule has 1 saturated carbocycles. The van der Waals surface area contributed by atoms with Crippen LogP contribution in [0.5, 0.6) is 0 Å². The summed E-state index contributed by atoms with van der Waals surface area (Å²) >= 11 is 0. The predicted molar refractivity (Wildman–Crippen MR) is 72.5 cm³/mol. The Bertz CT molecular complexity index is 408. The fourth-order valence-corrected chi connectivity index (χ4v) is 2.76. The molecule has 3 N–H and O–H groups in total. The van der Waals surface area contributed by atoms with E-state index in [1.54, 1.807) is 0 Å². The normalized spacial score (nSPS) is 38.9. The van der Waals surface area contributed by atoms with Gasteiger partial charge in [-0.05, 0) is 12.0 Å². The molecule has 1 aromatic carbocycles. The van der Waals surface area contributed by atoms with E-state index in [1.165, 1.54) is 12.0 Å². The first kappa shape index (κ1) is 12.2. The minimum Gasteiger partial charge on any atom is -0.379 e. The molecule has 3 heteroatoms. The number of nitrogens with one attached hydrogen (secondary N) is 1. The van der Waals surface area contributed by atoms with Crippen molar-refractivity contribution in [2.24, 2.45) is 11.1 Å². The van der Waals surface area contributed by atoms with Crippen LogP contribution < -0.4 is 11.1 Å². The van der Waals surface area contributed by atoms with Gasteiger partial charge in [0.15, 0.2) is 0 Å². The zero-order valence-electron chi connectivity index (χ0n) is 10.9. The van der Waals surface area contributed by atoms with Crippen LogP contribution in [-0.2, 0) is 4.74 Å². The van der Waals surface area contributed by atoms with Crippen molar-refractivity contribution in [1.29, 1.82) is 0 Å². The number of hydrogen-bond acceptors (Lipinski definition) is 3. The maximum atomic E-state index is 6.10.